The summed E-state index contributed by atoms with van der Waals surface area (Å²) < 4.78 is 18.2. The summed E-state index contributed by atoms with van der Waals surface area (Å²) in [6.45, 7) is 6.95. The van der Waals surface area contributed by atoms with Gasteiger partial charge in [0, 0.05) is 11.6 Å². The first-order valence-corrected chi connectivity index (χ1v) is 11.8. The second-order valence-electron chi connectivity index (χ2n) is 8.65. The van der Waals surface area contributed by atoms with Gasteiger partial charge in [0.1, 0.15) is 24.7 Å². The average Bonchev–Trinajstić information content (AvgIpc) is 3.31. The Hall–Kier alpha value is -4.06. The molecule has 0 fully saturated rings. The van der Waals surface area contributed by atoms with Crippen molar-refractivity contribution in [3.63, 3.8) is 0 Å². The van der Waals surface area contributed by atoms with Crippen LogP contribution in [0.2, 0.25) is 0 Å². The Bertz CT molecular complexity index is 1280. The molecule has 35 heavy (non-hydrogen) atoms. The Balaban J connectivity index is 1.78. The van der Waals surface area contributed by atoms with Crippen LogP contribution in [0.1, 0.15) is 59.4 Å². The molecule has 0 aliphatic carbocycles. The molecule has 0 aliphatic rings. The third kappa shape index (κ3) is 5.54. The van der Waals surface area contributed by atoms with Crippen molar-refractivity contribution in [1.82, 2.24) is 5.16 Å². The number of carbonyl (C=O) groups is 1. The van der Waals surface area contributed by atoms with E-state index in [9.17, 15) is 4.79 Å². The first-order valence-electron chi connectivity index (χ1n) is 11.8. The molecule has 0 atom stereocenters. The van der Waals surface area contributed by atoms with Gasteiger partial charge in [-0.15, -0.1) is 0 Å². The van der Waals surface area contributed by atoms with Crippen LogP contribution in [0.4, 0.5) is 0 Å². The number of primary amides is 1. The Morgan fingerprint density at radius 2 is 1.49 bits per heavy atom. The highest BCUT2D eigenvalue weighted by molar-refractivity contribution is 5.94. The molecule has 0 bridgehead atoms. The first-order chi connectivity index (χ1) is 17.0. The Morgan fingerprint density at radius 3 is 2.00 bits per heavy atom. The molecule has 180 valence electrons. The van der Waals surface area contributed by atoms with Crippen molar-refractivity contribution in [3.8, 4) is 22.8 Å². The fourth-order valence-corrected chi connectivity index (χ4v) is 3.96. The molecule has 6 heteroatoms. The van der Waals surface area contributed by atoms with Gasteiger partial charge in [-0.2, -0.15) is 0 Å². The minimum absolute atomic E-state index is 0.145. The van der Waals surface area contributed by atoms with Crippen molar-refractivity contribution in [2.45, 2.75) is 46.3 Å². The molecule has 4 rings (SSSR count). The number of aromatic nitrogens is 1. The number of rotatable bonds is 10. The van der Waals surface area contributed by atoms with E-state index in [0.29, 0.717) is 42.3 Å². The third-order valence-corrected chi connectivity index (χ3v) is 5.83. The lowest BCUT2D eigenvalue weighted by atomic mass is 9.95. The Morgan fingerprint density at radius 1 is 0.914 bits per heavy atom. The topological polar surface area (TPSA) is 87.6 Å². The van der Waals surface area contributed by atoms with Crippen molar-refractivity contribution in [2.75, 3.05) is 0 Å². The van der Waals surface area contributed by atoms with E-state index in [0.717, 1.165) is 22.4 Å². The van der Waals surface area contributed by atoms with E-state index in [-0.39, 0.29) is 11.6 Å². The van der Waals surface area contributed by atoms with E-state index in [2.05, 4.69) is 19.0 Å². The fourth-order valence-electron chi connectivity index (χ4n) is 3.96. The van der Waals surface area contributed by atoms with Crippen LogP contribution in [-0.2, 0) is 19.6 Å². The summed E-state index contributed by atoms with van der Waals surface area (Å²) in [5.74, 6) is 1.37. The van der Waals surface area contributed by atoms with E-state index in [1.807, 2.05) is 79.7 Å². The number of nitrogens with two attached hydrogens (primary N) is 1. The van der Waals surface area contributed by atoms with Crippen LogP contribution in [-0.4, -0.2) is 11.1 Å². The van der Waals surface area contributed by atoms with Crippen molar-refractivity contribution in [3.05, 3.63) is 101 Å². The van der Waals surface area contributed by atoms with Crippen LogP contribution in [0.25, 0.3) is 11.3 Å². The van der Waals surface area contributed by atoms with E-state index in [4.69, 9.17) is 19.7 Å². The van der Waals surface area contributed by atoms with Crippen LogP contribution in [0.5, 0.6) is 11.5 Å². The van der Waals surface area contributed by atoms with Gasteiger partial charge in [-0.1, -0.05) is 86.6 Å². The molecule has 0 spiro atoms. The normalized spacial score (nSPS) is 11.0. The molecule has 0 saturated heterocycles. The number of hydrogen-bond acceptors (Lipinski definition) is 5. The van der Waals surface area contributed by atoms with Gasteiger partial charge < -0.3 is 19.7 Å². The lowest BCUT2D eigenvalue weighted by Crippen LogP contribution is -2.13. The maximum atomic E-state index is 11.9. The molecular weight excluding hydrogens is 440 g/mol. The first kappa shape index (κ1) is 24.1. The van der Waals surface area contributed by atoms with Crippen LogP contribution < -0.4 is 15.2 Å². The SMILES string of the molecule is CCc1c(C(N)=O)noc1-c1cc(C(C)C)c(OCc2ccccc2)cc1OCc1ccccc1. The number of hydrogen-bond donors (Lipinski definition) is 1. The van der Waals surface area contributed by atoms with Gasteiger partial charge in [-0.25, -0.2) is 0 Å². The number of ether oxygens (including phenoxy) is 2. The third-order valence-electron chi connectivity index (χ3n) is 5.83. The van der Waals surface area contributed by atoms with Gasteiger partial charge in [0.05, 0.1) is 5.56 Å². The van der Waals surface area contributed by atoms with Crippen LogP contribution in [0.3, 0.4) is 0 Å². The molecule has 4 aromatic rings. The van der Waals surface area contributed by atoms with Gasteiger partial charge in [0.2, 0.25) is 0 Å². The summed E-state index contributed by atoms with van der Waals surface area (Å²) in [5, 5.41) is 3.96. The summed E-state index contributed by atoms with van der Waals surface area (Å²) >= 11 is 0. The van der Waals surface area contributed by atoms with E-state index in [1.54, 1.807) is 0 Å². The van der Waals surface area contributed by atoms with E-state index < -0.39 is 5.91 Å². The van der Waals surface area contributed by atoms with Crippen molar-refractivity contribution in [1.29, 1.82) is 0 Å². The zero-order valence-electron chi connectivity index (χ0n) is 20.3. The number of nitrogens with zero attached hydrogens (tertiary/aromatic N) is 1. The Labute approximate surface area is 205 Å². The number of benzene rings is 3. The summed E-state index contributed by atoms with van der Waals surface area (Å²) in [6, 6.07) is 23.9. The van der Waals surface area contributed by atoms with Crippen LogP contribution >= 0.6 is 0 Å². The molecule has 0 unspecified atom stereocenters. The van der Waals surface area contributed by atoms with Crippen molar-refractivity contribution < 1.29 is 18.8 Å². The van der Waals surface area contributed by atoms with Gasteiger partial charge in [0.15, 0.2) is 11.5 Å². The van der Waals surface area contributed by atoms with Crippen LogP contribution in [0, 0.1) is 0 Å². The second-order valence-corrected chi connectivity index (χ2v) is 8.65. The monoisotopic (exact) mass is 470 g/mol. The molecule has 1 heterocycles. The second kappa shape index (κ2) is 10.9. The zero-order chi connectivity index (χ0) is 24.8. The van der Waals surface area contributed by atoms with Gasteiger partial charge in [-0.05, 0) is 35.1 Å². The molecule has 3 aromatic carbocycles. The summed E-state index contributed by atoms with van der Waals surface area (Å²) in [5.41, 5.74) is 10.2. The predicted molar refractivity (Wildman–Crippen MR) is 135 cm³/mol. The molecule has 6 nitrogen and oxygen atoms in total. The standard InChI is InChI=1S/C29H30N2O4/c1-4-22-27(29(30)32)31-35-28(22)24-15-23(19(2)3)25(33-17-20-11-7-5-8-12-20)16-26(24)34-18-21-13-9-6-10-14-21/h5-16,19H,4,17-18H2,1-3H3,(H2,30,32). The lowest BCUT2D eigenvalue weighted by molar-refractivity contribution is 0.0991. The molecular formula is C29H30N2O4. The zero-order valence-corrected chi connectivity index (χ0v) is 20.3. The Kier molecular flexibility index (Phi) is 7.51. The van der Waals surface area contributed by atoms with E-state index >= 15 is 0 Å². The quantitative estimate of drug-likeness (QED) is 0.294. The van der Waals surface area contributed by atoms with E-state index in [1.165, 1.54) is 0 Å². The highest BCUT2D eigenvalue weighted by atomic mass is 16.5. The average molecular weight is 471 g/mol. The predicted octanol–water partition coefficient (Wildman–Crippen LogP) is 6.28. The summed E-state index contributed by atoms with van der Waals surface area (Å²) in [4.78, 5) is 11.9. The highest BCUT2D eigenvalue weighted by Crippen LogP contribution is 2.41. The molecule has 0 aliphatic heterocycles. The minimum Gasteiger partial charge on any atom is -0.488 e. The molecule has 2 N–H and O–H groups in total. The molecule has 0 saturated carbocycles. The summed E-state index contributed by atoms with van der Waals surface area (Å²) in [7, 11) is 0. The van der Waals surface area contributed by atoms with Gasteiger partial charge >= 0.3 is 0 Å². The summed E-state index contributed by atoms with van der Waals surface area (Å²) in [6.07, 6.45) is 0.540. The molecule has 1 aromatic heterocycles. The molecule has 1 amide bonds. The lowest BCUT2D eigenvalue weighted by Gasteiger charge is -2.19. The minimum atomic E-state index is -0.615. The van der Waals surface area contributed by atoms with Crippen molar-refractivity contribution in [2.24, 2.45) is 5.73 Å². The number of amides is 1. The smallest absolute Gasteiger partial charge is 0.271 e. The maximum Gasteiger partial charge on any atom is 0.271 e. The fraction of sp³-hybridized carbons (Fsp3) is 0.241. The van der Waals surface area contributed by atoms with Gasteiger partial charge in [-0.3, -0.25) is 4.79 Å². The molecule has 0 radical (unpaired) electrons. The van der Waals surface area contributed by atoms with Gasteiger partial charge in [0.25, 0.3) is 5.91 Å². The maximum absolute atomic E-state index is 11.9. The van der Waals surface area contributed by atoms with Crippen molar-refractivity contribution >= 4 is 5.91 Å². The van der Waals surface area contributed by atoms with Crippen LogP contribution in [0.15, 0.2) is 77.3 Å². The number of carbonyl (C=O) groups excluding carboxylic acids is 1. The largest absolute Gasteiger partial charge is 0.488 e. The highest BCUT2D eigenvalue weighted by Gasteiger charge is 2.25.